The molecule has 1 aliphatic rings. The maximum Gasteiger partial charge on any atom is 0.309 e. The van der Waals surface area contributed by atoms with Crippen LogP contribution in [0.2, 0.25) is 5.02 Å². The smallest absolute Gasteiger partial charge is 0.309 e. The molecule has 1 fully saturated rings. The normalized spacial score (nSPS) is 15.9. The van der Waals surface area contributed by atoms with Crippen molar-refractivity contribution in [3.63, 3.8) is 0 Å². The SMILES string of the molecule is O=C(NCc1ccccn1)C(=O)NC[C@@H]1OCCN1C(=O)c1ccc(Cl)cc1. The molecule has 1 aliphatic heterocycles. The van der Waals surface area contributed by atoms with Gasteiger partial charge in [0.1, 0.15) is 6.23 Å². The van der Waals surface area contributed by atoms with Crippen LogP contribution in [-0.2, 0) is 20.9 Å². The molecule has 0 radical (unpaired) electrons. The molecule has 0 saturated carbocycles. The van der Waals surface area contributed by atoms with E-state index in [1.54, 1.807) is 48.7 Å². The van der Waals surface area contributed by atoms with E-state index in [1.165, 1.54) is 4.90 Å². The lowest BCUT2D eigenvalue weighted by molar-refractivity contribution is -0.139. The second-order valence-electron chi connectivity index (χ2n) is 6.04. The fraction of sp³-hybridized carbons (Fsp3) is 0.263. The standard InChI is InChI=1S/C19H19ClN4O4/c20-14-6-4-13(5-7-14)19(27)24-9-10-28-16(24)12-23-18(26)17(25)22-11-15-3-1-2-8-21-15/h1-8,16H,9-12H2,(H,22,25)(H,23,26)/t16-/m0/s1. The molecule has 146 valence electrons. The van der Waals surface area contributed by atoms with E-state index in [1.807, 2.05) is 0 Å². The quantitative estimate of drug-likeness (QED) is 0.726. The highest BCUT2D eigenvalue weighted by Gasteiger charge is 2.31. The van der Waals surface area contributed by atoms with Crippen molar-refractivity contribution < 1.29 is 19.1 Å². The topological polar surface area (TPSA) is 101 Å². The Balaban J connectivity index is 1.49. The molecular formula is C19H19ClN4O4. The van der Waals surface area contributed by atoms with Gasteiger partial charge in [-0.25, -0.2) is 0 Å². The van der Waals surface area contributed by atoms with Gasteiger partial charge in [-0.15, -0.1) is 0 Å². The number of hydrogen-bond donors (Lipinski definition) is 2. The molecule has 0 aliphatic carbocycles. The summed E-state index contributed by atoms with van der Waals surface area (Å²) in [5.41, 5.74) is 1.11. The summed E-state index contributed by atoms with van der Waals surface area (Å²) in [6.45, 7) is 0.906. The summed E-state index contributed by atoms with van der Waals surface area (Å²) in [4.78, 5) is 42.1. The Morgan fingerprint density at radius 3 is 2.57 bits per heavy atom. The van der Waals surface area contributed by atoms with E-state index in [4.69, 9.17) is 16.3 Å². The van der Waals surface area contributed by atoms with Crippen molar-refractivity contribution in [3.05, 3.63) is 64.9 Å². The first kappa shape index (κ1) is 19.8. The Bertz CT molecular complexity index is 845. The van der Waals surface area contributed by atoms with Crippen LogP contribution in [0, 0.1) is 0 Å². The Hall–Kier alpha value is -2.97. The van der Waals surface area contributed by atoms with E-state index in [2.05, 4.69) is 15.6 Å². The number of nitrogens with one attached hydrogen (secondary N) is 2. The van der Waals surface area contributed by atoms with Crippen molar-refractivity contribution in [3.8, 4) is 0 Å². The lowest BCUT2D eigenvalue weighted by Crippen LogP contribution is -2.47. The number of amides is 3. The summed E-state index contributed by atoms with van der Waals surface area (Å²) >= 11 is 5.84. The van der Waals surface area contributed by atoms with Gasteiger partial charge in [0, 0.05) is 23.3 Å². The number of carbonyl (C=O) groups is 3. The maximum atomic E-state index is 12.6. The lowest BCUT2D eigenvalue weighted by atomic mass is 10.2. The average Bonchev–Trinajstić information content (AvgIpc) is 3.19. The molecule has 1 aromatic carbocycles. The second-order valence-corrected chi connectivity index (χ2v) is 6.48. The van der Waals surface area contributed by atoms with Crippen LogP contribution in [0.25, 0.3) is 0 Å². The van der Waals surface area contributed by atoms with Crippen LogP contribution in [0.3, 0.4) is 0 Å². The number of aromatic nitrogens is 1. The predicted molar refractivity (Wildman–Crippen MR) is 101 cm³/mol. The molecule has 3 rings (SSSR count). The van der Waals surface area contributed by atoms with Gasteiger partial charge in [0.05, 0.1) is 25.4 Å². The first-order valence-electron chi connectivity index (χ1n) is 8.68. The van der Waals surface area contributed by atoms with Crippen molar-refractivity contribution in [2.24, 2.45) is 0 Å². The number of nitrogens with zero attached hydrogens (tertiary/aromatic N) is 2. The molecule has 0 spiro atoms. The summed E-state index contributed by atoms with van der Waals surface area (Å²) in [6.07, 6.45) is 0.960. The average molecular weight is 403 g/mol. The molecule has 1 aromatic heterocycles. The van der Waals surface area contributed by atoms with Crippen molar-refractivity contribution >= 4 is 29.3 Å². The van der Waals surface area contributed by atoms with Crippen LogP contribution < -0.4 is 10.6 Å². The van der Waals surface area contributed by atoms with E-state index in [0.717, 1.165) is 0 Å². The number of ether oxygens (including phenoxy) is 1. The van der Waals surface area contributed by atoms with Gasteiger partial charge in [-0.05, 0) is 36.4 Å². The van der Waals surface area contributed by atoms with Crippen LogP contribution in [0.15, 0.2) is 48.7 Å². The minimum Gasteiger partial charge on any atom is -0.355 e. The second kappa shape index (κ2) is 9.29. The van der Waals surface area contributed by atoms with E-state index in [0.29, 0.717) is 29.4 Å². The summed E-state index contributed by atoms with van der Waals surface area (Å²) in [5.74, 6) is -1.81. The van der Waals surface area contributed by atoms with E-state index in [-0.39, 0.29) is 19.0 Å². The van der Waals surface area contributed by atoms with Gasteiger partial charge in [-0.2, -0.15) is 0 Å². The molecule has 8 nitrogen and oxygen atoms in total. The van der Waals surface area contributed by atoms with Gasteiger partial charge in [-0.1, -0.05) is 17.7 Å². The monoisotopic (exact) mass is 402 g/mol. The van der Waals surface area contributed by atoms with E-state index >= 15 is 0 Å². The molecule has 1 saturated heterocycles. The van der Waals surface area contributed by atoms with Crippen molar-refractivity contribution in [2.75, 3.05) is 19.7 Å². The van der Waals surface area contributed by atoms with Gasteiger partial charge < -0.3 is 20.3 Å². The number of halogens is 1. The summed E-state index contributed by atoms with van der Waals surface area (Å²) < 4.78 is 5.51. The largest absolute Gasteiger partial charge is 0.355 e. The third-order valence-corrected chi connectivity index (χ3v) is 4.39. The highest BCUT2D eigenvalue weighted by atomic mass is 35.5. The summed E-state index contributed by atoms with van der Waals surface area (Å²) in [5, 5.41) is 5.52. The molecule has 0 unspecified atom stereocenters. The Morgan fingerprint density at radius 1 is 1.11 bits per heavy atom. The molecule has 3 amide bonds. The minimum absolute atomic E-state index is 0.00910. The molecule has 9 heteroatoms. The number of pyridine rings is 1. The van der Waals surface area contributed by atoms with Gasteiger partial charge >= 0.3 is 11.8 Å². The number of benzene rings is 1. The van der Waals surface area contributed by atoms with Crippen LogP contribution >= 0.6 is 11.6 Å². The molecule has 2 N–H and O–H groups in total. The Kier molecular flexibility index (Phi) is 6.57. The molecule has 2 aromatic rings. The van der Waals surface area contributed by atoms with Crippen LogP contribution in [0.5, 0.6) is 0 Å². The van der Waals surface area contributed by atoms with Gasteiger partial charge in [0.2, 0.25) is 0 Å². The Labute approximate surface area is 166 Å². The van der Waals surface area contributed by atoms with Gasteiger partial charge in [0.15, 0.2) is 0 Å². The maximum absolute atomic E-state index is 12.6. The minimum atomic E-state index is -0.801. The third-order valence-electron chi connectivity index (χ3n) is 4.14. The predicted octanol–water partition coefficient (Wildman–Crippen LogP) is 0.966. The van der Waals surface area contributed by atoms with Crippen molar-refractivity contribution in [2.45, 2.75) is 12.8 Å². The van der Waals surface area contributed by atoms with Gasteiger partial charge in [0.25, 0.3) is 5.91 Å². The van der Waals surface area contributed by atoms with Crippen LogP contribution in [0.1, 0.15) is 16.1 Å². The zero-order valence-electron chi connectivity index (χ0n) is 14.9. The summed E-state index contributed by atoms with van der Waals surface area (Å²) in [7, 11) is 0. The van der Waals surface area contributed by atoms with Crippen LogP contribution in [0.4, 0.5) is 0 Å². The fourth-order valence-corrected chi connectivity index (χ4v) is 2.82. The van der Waals surface area contributed by atoms with E-state index in [9.17, 15) is 14.4 Å². The first-order valence-corrected chi connectivity index (χ1v) is 9.06. The Morgan fingerprint density at radius 2 is 1.86 bits per heavy atom. The molecule has 0 bridgehead atoms. The molecule has 2 heterocycles. The summed E-state index contributed by atoms with van der Waals surface area (Å²) in [6, 6.07) is 11.8. The molecule has 28 heavy (non-hydrogen) atoms. The number of rotatable bonds is 5. The molecule has 1 atom stereocenters. The van der Waals surface area contributed by atoms with Crippen molar-refractivity contribution in [1.29, 1.82) is 0 Å². The lowest BCUT2D eigenvalue weighted by Gasteiger charge is -2.23. The van der Waals surface area contributed by atoms with Crippen molar-refractivity contribution in [1.82, 2.24) is 20.5 Å². The third kappa shape index (κ3) is 5.05. The zero-order chi connectivity index (χ0) is 19.9. The first-order chi connectivity index (χ1) is 13.5. The highest BCUT2D eigenvalue weighted by molar-refractivity contribution is 6.35. The van der Waals surface area contributed by atoms with E-state index < -0.39 is 18.0 Å². The highest BCUT2D eigenvalue weighted by Crippen LogP contribution is 2.16. The zero-order valence-corrected chi connectivity index (χ0v) is 15.7. The molecular weight excluding hydrogens is 384 g/mol. The van der Waals surface area contributed by atoms with Crippen LogP contribution in [-0.4, -0.2) is 53.5 Å². The van der Waals surface area contributed by atoms with Gasteiger partial charge in [-0.3, -0.25) is 19.4 Å². The number of hydrogen-bond acceptors (Lipinski definition) is 5. The fourth-order valence-electron chi connectivity index (χ4n) is 2.69. The number of carbonyl (C=O) groups excluding carboxylic acids is 3.